The first kappa shape index (κ1) is 14.4. The van der Waals surface area contributed by atoms with Crippen LogP contribution < -0.4 is 5.32 Å². The Morgan fingerprint density at radius 3 is 2.37 bits per heavy atom. The van der Waals surface area contributed by atoms with Crippen LogP contribution in [0.1, 0.15) is 16.7 Å². The Hall–Kier alpha value is -1.06. The van der Waals surface area contributed by atoms with Gasteiger partial charge < -0.3 is 5.32 Å². The van der Waals surface area contributed by atoms with Crippen molar-refractivity contribution in [3.8, 4) is 0 Å². The van der Waals surface area contributed by atoms with Crippen molar-refractivity contribution in [3.63, 3.8) is 0 Å². The number of halogens is 3. The molecular weight excluding hydrogens is 329 g/mol. The second kappa shape index (κ2) is 5.93. The first-order valence-corrected chi connectivity index (χ1v) is 7.09. The molecule has 2 aromatic rings. The van der Waals surface area contributed by atoms with Crippen LogP contribution in [0.3, 0.4) is 0 Å². The van der Waals surface area contributed by atoms with E-state index in [9.17, 15) is 4.39 Å². The molecule has 0 aliphatic carbocycles. The minimum Gasteiger partial charge on any atom is -0.381 e. The number of nitrogens with one attached hydrogen (secondary N) is 1. The molecule has 2 rings (SSSR count). The Morgan fingerprint density at radius 1 is 1.16 bits per heavy atom. The zero-order valence-corrected chi connectivity index (χ0v) is 13.1. The van der Waals surface area contributed by atoms with Crippen molar-refractivity contribution in [1.29, 1.82) is 0 Å². The van der Waals surface area contributed by atoms with Crippen LogP contribution in [0.15, 0.2) is 34.8 Å². The molecule has 1 N–H and O–H groups in total. The number of aryl methyl sites for hydroxylation is 2. The topological polar surface area (TPSA) is 12.0 Å². The summed E-state index contributed by atoms with van der Waals surface area (Å²) in [7, 11) is 0. The fraction of sp³-hybridized carbons (Fsp3) is 0.200. The summed E-state index contributed by atoms with van der Waals surface area (Å²) in [5.74, 6) is -0.287. The third-order valence-electron chi connectivity index (χ3n) is 2.93. The van der Waals surface area contributed by atoms with Crippen molar-refractivity contribution in [2.24, 2.45) is 0 Å². The van der Waals surface area contributed by atoms with Crippen molar-refractivity contribution in [3.05, 3.63) is 62.3 Å². The quantitative estimate of drug-likeness (QED) is 0.780. The van der Waals surface area contributed by atoms with Crippen molar-refractivity contribution in [1.82, 2.24) is 0 Å². The van der Waals surface area contributed by atoms with Gasteiger partial charge in [0.15, 0.2) is 0 Å². The summed E-state index contributed by atoms with van der Waals surface area (Å²) in [6.45, 7) is 4.50. The van der Waals surface area contributed by atoms with E-state index in [-0.39, 0.29) is 5.82 Å². The Labute approximate surface area is 125 Å². The van der Waals surface area contributed by atoms with Crippen LogP contribution in [-0.2, 0) is 6.54 Å². The van der Waals surface area contributed by atoms with Gasteiger partial charge in [-0.1, -0.05) is 33.6 Å². The molecule has 0 aromatic heterocycles. The fourth-order valence-electron chi connectivity index (χ4n) is 1.91. The normalized spacial score (nSPS) is 10.6. The predicted molar refractivity (Wildman–Crippen MR) is 82.4 cm³/mol. The molecule has 0 heterocycles. The lowest BCUT2D eigenvalue weighted by Crippen LogP contribution is -2.02. The maximum absolute atomic E-state index is 13.6. The first-order chi connectivity index (χ1) is 8.97. The van der Waals surface area contributed by atoms with Crippen LogP contribution in [0.5, 0.6) is 0 Å². The average Bonchev–Trinajstić information content (AvgIpc) is 2.34. The van der Waals surface area contributed by atoms with Gasteiger partial charge in [0, 0.05) is 27.3 Å². The highest BCUT2D eigenvalue weighted by Gasteiger charge is 2.05. The van der Waals surface area contributed by atoms with E-state index in [1.807, 2.05) is 26.0 Å². The molecule has 1 nitrogen and oxygen atoms in total. The van der Waals surface area contributed by atoms with E-state index in [0.29, 0.717) is 17.1 Å². The van der Waals surface area contributed by atoms with Crippen molar-refractivity contribution >= 4 is 33.2 Å². The zero-order valence-electron chi connectivity index (χ0n) is 10.7. The van der Waals surface area contributed by atoms with E-state index in [0.717, 1.165) is 21.3 Å². The van der Waals surface area contributed by atoms with Gasteiger partial charge in [-0.2, -0.15) is 0 Å². The largest absolute Gasteiger partial charge is 0.381 e. The van der Waals surface area contributed by atoms with Crippen LogP contribution >= 0.6 is 27.5 Å². The van der Waals surface area contributed by atoms with Gasteiger partial charge in [-0.3, -0.25) is 0 Å². The van der Waals surface area contributed by atoms with Gasteiger partial charge >= 0.3 is 0 Å². The van der Waals surface area contributed by atoms with Gasteiger partial charge in [0.2, 0.25) is 0 Å². The van der Waals surface area contributed by atoms with Gasteiger partial charge in [-0.25, -0.2) is 4.39 Å². The number of rotatable bonds is 3. The monoisotopic (exact) mass is 341 g/mol. The number of anilines is 1. The lowest BCUT2D eigenvalue weighted by molar-refractivity contribution is 0.613. The molecular formula is C15H14BrClFN. The molecule has 0 saturated heterocycles. The smallest absolute Gasteiger partial charge is 0.129 e. The second-order valence-electron chi connectivity index (χ2n) is 4.51. The van der Waals surface area contributed by atoms with E-state index in [4.69, 9.17) is 11.6 Å². The van der Waals surface area contributed by atoms with E-state index in [1.54, 1.807) is 12.1 Å². The van der Waals surface area contributed by atoms with Gasteiger partial charge in [-0.05, 0) is 49.2 Å². The maximum Gasteiger partial charge on any atom is 0.129 e. The van der Waals surface area contributed by atoms with Crippen LogP contribution in [0, 0.1) is 19.7 Å². The minimum atomic E-state index is -0.287. The third kappa shape index (κ3) is 3.48. The second-order valence-corrected chi connectivity index (χ2v) is 5.74. The summed E-state index contributed by atoms with van der Waals surface area (Å²) < 4.78 is 14.8. The van der Waals surface area contributed by atoms with Crippen LogP contribution in [0.25, 0.3) is 0 Å². The zero-order chi connectivity index (χ0) is 14.0. The molecule has 0 unspecified atom stereocenters. The third-order valence-corrected chi connectivity index (χ3v) is 4.42. The molecule has 100 valence electrons. The lowest BCUT2D eigenvalue weighted by Gasteiger charge is -2.11. The maximum atomic E-state index is 13.6. The number of benzene rings is 2. The minimum absolute atomic E-state index is 0.287. The van der Waals surface area contributed by atoms with Gasteiger partial charge in [0.1, 0.15) is 5.82 Å². The fourth-order valence-corrected chi connectivity index (χ4v) is 2.30. The predicted octanol–water partition coefficient (Wildman–Crippen LogP) is 5.47. The molecule has 0 atom stereocenters. The molecule has 19 heavy (non-hydrogen) atoms. The van der Waals surface area contributed by atoms with Crippen LogP contribution in [0.2, 0.25) is 5.02 Å². The van der Waals surface area contributed by atoms with Gasteiger partial charge in [-0.15, -0.1) is 0 Å². The Bertz CT molecular complexity index is 590. The van der Waals surface area contributed by atoms with Gasteiger partial charge in [0.25, 0.3) is 0 Å². The first-order valence-electron chi connectivity index (χ1n) is 5.92. The molecule has 0 bridgehead atoms. The van der Waals surface area contributed by atoms with Crippen LogP contribution in [-0.4, -0.2) is 0 Å². The van der Waals surface area contributed by atoms with Crippen LogP contribution in [0.4, 0.5) is 10.1 Å². The average molecular weight is 343 g/mol. The summed E-state index contributed by atoms with van der Waals surface area (Å²) in [6, 6.07) is 8.79. The lowest BCUT2D eigenvalue weighted by atomic mass is 10.1. The SMILES string of the molecule is Cc1cc(NCc2ccc(Cl)cc2F)cc(C)c1Br. The summed E-state index contributed by atoms with van der Waals surface area (Å²) in [5.41, 5.74) is 3.88. The summed E-state index contributed by atoms with van der Waals surface area (Å²) >= 11 is 9.25. The standard InChI is InChI=1S/C15H14BrClFN/c1-9-5-13(6-10(2)15(9)16)19-8-11-3-4-12(17)7-14(11)18/h3-7,19H,8H2,1-2H3. The van der Waals surface area contributed by atoms with E-state index in [2.05, 4.69) is 21.2 Å². The summed E-state index contributed by atoms with van der Waals surface area (Å²) in [5, 5.41) is 3.64. The Kier molecular flexibility index (Phi) is 4.48. The van der Waals surface area contributed by atoms with E-state index in [1.165, 1.54) is 6.07 Å². The molecule has 0 spiro atoms. The molecule has 4 heteroatoms. The van der Waals surface area contributed by atoms with Gasteiger partial charge in [0.05, 0.1) is 0 Å². The summed E-state index contributed by atoms with van der Waals surface area (Å²) in [4.78, 5) is 0. The van der Waals surface area contributed by atoms with E-state index >= 15 is 0 Å². The Balaban J connectivity index is 2.14. The molecule has 0 amide bonds. The molecule has 0 fully saturated rings. The molecule has 2 aromatic carbocycles. The van der Waals surface area contributed by atoms with Crippen molar-refractivity contribution in [2.75, 3.05) is 5.32 Å². The van der Waals surface area contributed by atoms with Crippen molar-refractivity contribution < 1.29 is 4.39 Å². The summed E-state index contributed by atoms with van der Waals surface area (Å²) in [6.07, 6.45) is 0. The number of hydrogen-bond donors (Lipinski definition) is 1. The Morgan fingerprint density at radius 2 is 1.79 bits per heavy atom. The van der Waals surface area contributed by atoms with Crippen molar-refractivity contribution in [2.45, 2.75) is 20.4 Å². The molecule has 0 aliphatic heterocycles. The molecule has 0 aliphatic rings. The molecule has 0 saturated carbocycles. The highest BCUT2D eigenvalue weighted by Crippen LogP contribution is 2.25. The molecule has 0 radical (unpaired) electrons. The number of hydrogen-bond acceptors (Lipinski definition) is 1. The van der Waals surface area contributed by atoms with E-state index < -0.39 is 0 Å². The highest BCUT2D eigenvalue weighted by atomic mass is 79.9. The highest BCUT2D eigenvalue weighted by molar-refractivity contribution is 9.10.